The lowest BCUT2D eigenvalue weighted by atomic mass is 9.81. The van der Waals surface area contributed by atoms with E-state index in [0.29, 0.717) is 19.1 Å². The van der Waals surface area contributed by atoms with Crippen LogP contribution in [0.15, 0.2) is 5.10 Å². The summed E-state index contributed by atoms with van der Waals surface area (Å²) in [5.41, 5.74) is 3.86. The zero-order valence-corrected chi connectivity index (χ0v) is 11.5. The Bertz CT molecular complexity index is 383. The van der Waals surface area contributed by atoms with Gasteiger partial charge >= 0.3 is 6.03 Å². The average molecular weight is 265 g/mol. The number of rotatable bonds is 4. The summed E-state index contributed by atoms with van der Waals surface area (Å²) in [6, 6.07) is -0.227. The molecule has 2 N–H and O–H groups in total. The molecule has 0 aliphatic heterocycles. The topological polar surface area (TPSA) is 62.7 Å². The van der Waals surface area contributed by atoms with Crippen LogP contribution in [0.25, 0.3) is 0 Å². The van der Waals surface area contributed by atoms with Crippen molar-refractivity contribution >= 4 is 11.7 Å². The number of carbonyl (C=O) groups is 1. The van der Waals surface area contributed by atoms with Crippen molar-refractivity contribution < 1.29 is 9.53 Å². The number of carbonyl (C=O) groups excluding carboxylic acids is 1. The Hall–Kier alpha value is -1.10. The Balaban J connectivity index is 1.50. The molecular weight excluding hydrogens is 242 g/mol. The van der Waals surface area contributed by atoms with E-state index >= 15 is 0 Å². The molecule has 5 heteroatoms. The van der Waals surface area contributed by atoms with E-state index in [1.165, 1.54) is 31.4 Å². The van der Waals surface area contributed by atoms with Gasteiger partial charge in [-0.3, -0.25) is 0 Å². The molecule has 3 aliphatic rings. The number of amides is 2. The van der Waals surface area contributed by atoms with Crippen molar-refractivity contribution in [2.45, 2.75) is 32.1 Å². The van der Waals surface area contributed by atoms with Crippen LogP contribution in [0.3, 0.4) is 0 Å². The van der Waals surface area contributed by atoms with E-state index in [1.54, 1.807) is 7.11 Å². The van der Waals surface area contributed by atoms with Gasteiger partial charge in [0.25, 0.3) is 0 Å². The van der Waals surface area contributed by atoms with Crippen molar-refractivity contribution in [1.82, 2.24) is 10.7 Å². The Labute approximate surface area is 114 Å². The smallest absolute Gasteiger partial charge is 0.335 e. The number of nitrogens with one attached hydrogen (secondary N) is 2. The lowest BCUT2D eigenvalue weighted by molar-refractivity contribution is 0.196. The Morgan fingerprint density at radius 1 is 1.42 bits per heavy atom. The maximum atomic E-state index is 11.5. The molecule has 3 aliphatic carbocycles. The Morgan fingerprint density at radius 2 is 2.26 bits per heavy atom. The molecule has 106 valence electrons. The second kappa shape index (κ2) is 5.49. The van der Waals surface area contributed by atoms with E-state index < -0.39 is 0 Å². The summed E-state index contributed by atoms with van der Waals surface area (Å²) in [5.74, 6) is 3.31. The molecule has 3 rings (SSSR count). The average Bonchev–Trinajstić information content (AvgIpc) is 3.08. The SMILES string of the molecule is COCCNC(=O)NN=C1C[C@H]2C[C@H]1[C@H]1CCC[C@H]21. The van der Waals surface area contributed by atoms with Crippen LogP contribution in [0.2, 0.25) is 0 Å². The third-order valence-electron chi connectivity index (χ3n) is 5.10. The van der Waals surface area contributed by atoms with Crippen LogP contribution in [0.4, 0.5) is 4.79 Å². The molecule has 0 heterocycles. The number of hydrazone groups is 1. The van der Waals surface area contributed by atoms with Crippen LogP contribution >= 0.6 is 0 Å². The first-order valence-corrected chi connectivity index (χ1v) is 7.39. The molecule has 3 saturated carbocycles. The first kappa shape index (κ1) is 12.9. The summed E-state index contributed by atoms with van der Waals surface area (Å²) in [6.07, 6.45) is 6.58. The first-order chi connectivity index (χ1) is 9.29. The number of nitrogens with zero attached hydrogens (tertiary/aromatic N) is 1. The second-order valence-corrected chi connectivity index (χ2v) is 6.03. The predicted octanol–water partition coefficient (Wildman–Crippen LogP) is 1.74. The van der Waals surface area contributed by atoms with Gasteiger partial charge in [0.15, 0.2) is 0 Å². The van der Waals surface area contributed by atoms with Gasteiger partial charge in [-0.25, -0.2) is 10.2 Å². The Morgan fingerprint density at radius 3 is 3.11 bits per heavy atom. The zero-order valence-electron chi connectivity index (χ0n) is 11.5. The van der Waals surface area contributed by atoms with Crippen LogP contribution in [0, 0.1) is 23.7 Å². The fourth-order valence-electron chi connectivity index (χ4n) is 4.37. The van der Waals surface area contributed by atoms with Gasteiger partial charge in [0.2, 0.25) is 0 Å². The van der Waals surface area contributed by atoms with E-state index in [9.17, 15) is 4.79 Å². The van der Waals surface area contributed by atoms with E-state index in [4.69, 9.17) is 4.74 Å². The van der Waals surface area contributed by atoms with Gasteiger partial charge in [0, 0.05) is 25.3 Å². The van der Waals surface area contributed by atoms with Gasteiger partial charge in [-0.05, 0) is 43.4 Å². The zero-order chi connectivity index (χ0) is 13.2. The summed E-state index contributed by atoms with van der Waals surface area (Å²) >= 11 is 0. The van der Waals surface area contributed by atoms with E-state index in [2.05, 4.69) is 15.8 Å². The lowest BCUT2D eigenvalue weighted by Gasteiger charge is -2.25. The van der Waals surface area contributed by atoms with Gasteiger partial charge in [-0.15, -0.1) is 0 Å². The van der Waals surface area contributed by atoms with Crippen molar-refractivity contribution in [2.75, 3.05) is 20.3 Å². The molecule has 2 bridgehead atoms. The maximum absolute atomic E-state index is 11.5. The number of hydrogen-bond donors (Lipinski definition) is 2. The van der Waals surface area contributed by atoms with E-state index in [0.717, 1.165) is 24.2 Å². The molecule has 4 atom stereocenters. The van der Waals surface area contributed by atoms with Gasteiger partial charge in [0.1, 0.15) is 0 Å². The van der Waals surface area contributed by atoms with Crippen molar-refractivity contribution in [3.8, 4) is 0 Å². The maximum Gasteiger partial charge on any atom is 0.335 e. The highest BCUT2D eigenvalue weighted by Gasteiger charge is 2.52. The quantitative estimate of drug-likeness (QED) is 0.601. The van der Waals surface area contributed by atoms with Crippen LogP contribution in [0.5, 0.6) is 0 Å². The number of urea groups is 1. The molecular formula is C14H23N3O2. The fraction of sp³-hybridized carbons (Fsp3) is 0.857. The van der Waals surface area contributed by atoms with E-state index in [-0.39, 0.29) is 6.03 Å². The number of methoxy groups -OCH3 is 1. The van der Waals surface area contributed by atoms with Gasteiger partial charge in [-0.1, -0.05) is 6.42 Å². The molecule has 0 unspecified atom stereocenters. The minimum atomic E-state index is -0.227. The third kappa shape index (κ3) is 2.48. The summed E-state index contributed by atoms with van der Waals surface area (Å²) in [5, 5.41) is 7.07. The van der Waals surface area contributed by atoms with Crippen molar-refractivity contribution in [3.63, 3.8) is 0 Å². The summed E-state index contributed by atoms with van der Waals surface area (Å²) in [6.45, 7) is 1.04. The standard InChI is InChI=1S/C14H23N3O2/c1-19-6-5-15-14(18)17-16-13-8-9-7-12(13)11-4-2-3-10(9)11/h9-12H,2-8H2,1H3,(H2,15,17,18)/t9-,10-,11+,12+/m1/s1. The molecule has 2 amide bonds. The first-order valence-electron chi connectivity index (χ1n) is 7.39. The van der Waals surface area contributed by atoms with Crippen LogP contribution in [-0.4, -0.2) is 32.0 Å². The molecule has 5 nitrogen and oxygen atoms in total. The monoisotopic (exact) mass is 265 g/mol. The number of hydrogen-bond acceptors (Lipinski definition) is 3. The molecule has 0 aromatic rings. The highest BCUT2D eigenvalue weighted by Crippen LogP contribution is 2.57. The molecule has 0 aromatic carbocycles. The highest BCUT2D eigenvalue weighted by molar-refractivity contribution is 5.91. The normalized spacial score (nSPS) is 37.6. The third-order valence-corrected chi connectivity index (χ3v) is 5.10. The van der Waals surface area contributed by atoms with Crippen molar-refractivity contribution in [2.24, 2.45) is 28.8 Å². The lowest BCUT2D eigenvalue weighted by Crippen LogP contribution is -2.36. The molecule has 0 radical (unpaired) electrons. The largest absolute Gasteiger partial charge is 0.383 e. The second-order valence-electron chi connectivity index (χ2n) is 6.03. The van der Waals surface area contributed by atoms with Crippen LogP contribution < -0.4 is 10.7 Å². The number of ether oxygens (including phenoxy) is 1. The van der Waals surface area contributed by atoms with E-state index in [1.807, 2.05) is 0 Å². The van der Waals surface area contributed by atoms with Gasteiger partial charge in [0.05, 0.1) is 6.61 Å². The molecule has 3 fully saturated rings. The summed E-state index contributed by atoms with van der Waals surface area (Å²) < 4.78 is 4.88. The van der Waals surface area contributed by atoms with Gasteiger partial charge in [-0.2, -0.15) is 5.10 Å². The molecule has 0 spiro atoms. The minimum absolute atomic E-state index is 0.227. The summed E-state index contributed by atoms with van der Waals surface area (Å²) in [7, 11) is 1.62. The van der Waals surface area contributed by atoms with Crippen molar-refractivity contribution in [3.05, 3.63) is 0 Å². The van der Waals surface area contributed by atoms with Crippen LogP contribution in [0.1, 0.15) is 32.1 Å². The van der Waals surface area contributed by atoms with Crippen molar-refractivity contribution in [1.29, 1.82) is 0 Å². The fourth-order valence-corrected chi connectivity index (χ4v) is 4.37. The Kier molecular flexibility index (Phi) is 3.73. The predicted molar refractivity (Wildman–Crippen MR) is 72.9 cm³/mol. The summed E-state index contributed by atoms with van der Waals surface area (Å²) in [4.78, 5) is 11.5. The number of fused-ring (bicyclic) bond motifs is 5. The molecule has 0 saturated heterocycles. The highest BCUT2D eigenvalue weighted by atomic mass is 16.5. The van der Waals surface area contributed by atoms with Gasteiger partial charge < -0.3 is 10.1 Å². The molecule has 0 aromatic heterocycles. The van der Waals surface area contributed by atoms with Crippen LogP contribution in [-0.2, 0) is 4.74 Å². The minimum Gasteiger partial charge on any atom is -0.383 e. The molecule has 19 heavy (non-hydrogen) atoms.